The Balaban J connectivity index is 1.39. The van der Waals surface area contributed by atoms with Crippen molar-refractivity contribution in [3.05, 3.63) is 47.3 Å². The summed E-state index contributed by atoms with van der Waals surface area (Å²) < 4.78 is 5.54. The Labute approximate surface area is 210 Å². The number of morpholine rings is 1. The molecule has 0 bridgehead atoms. The van der Waals surface area contributed by atoms with Crippen molar-refractivity contribution in [1.82, 2.24) is 24.8 Å². The van der Waals surface area contributed by atoms with Crippen LogP contribution in [-0.4, -0.2) is 76.7 Å². The first-order chi connectivity index (χ1) is 17.6. The summed E-state index contributed by atoms with van der Waals surface area (Å²) in [5.74, 6) is 1.92. The normalized spacial score (nSPS) is 17.5. The van der Waals surface area contributed by atoms with Gasteiger partial charge in [0.15, 0.2) is 0 Å². The number of anilines is 4. The number of nitrogens with two attached hydrogens (primary N) is 1. The van der Waals surface area contributed by atoms with Gasteiger partial charge in [0.2, 0.25) is 11.9 Å². The summed E-state index contributed by atoms with van der Waals surface area (Å²) in [5.41, 5.74) is 11.3. The summed E-state index contributed by atoms with van der Waals surface area (Å²) in [4.78, 5) is 37.7. The van der Waals surface area contributed by atoms with Crippen LogP contribution in [0.3, 0.4) is 0 Å². The molecule has 2 saturated heterocycles. The molecule has 0 unspecified atom stereocenters. The summed E-state index contributed by atoms with van der Waals surface area (Å²) in [7, 11) is 0. The SMILES string of the molecule is Cc1cc(C(=O)N2CCCC2)ccc1N1CCc2c(-c3cnc(N)nc3)nc(N3CCOCC3)nc21. The first-order valence-electron chi connectivity index (χ1n) is 12.6. The number of hydrogen-bond acceptors (Lipinski definition) is 9. The number of nitrogen functional groups attached to an aromatic ring is 1. The van der Waals surface area contributed by atoms with Gasteiger partial charge < -0.3 is 25.2 Å². The van der Waals surface area contributed by atoms with Crippen LogP contribution in [0.1, 0.15) is 34.3 Å². The van der Waals surface area contributed by atoms with Crippen molar-refractivity contribution in [2.75, 3.05) is 61.5 Å². The van der Waals surface area contributed by atoms with Crippen LogP contribution in [0.2, 0.25) is 0 Å². The van der Waals surface area contributed by atoms with E-state index in [1.165, 1.54) is 0 Å². The van der Waals surface area contributed by atoms with Crippen LogP contribution in [0.25, 0.3) is 11.3 Å². The molecule has 1 amide bonds. The Morgan fingerprint density at radius 3 is 2.47 bits per heavy atom. The van der Waals surface area contributed by atoms with E-state index < -0.39 is 0 Å². The molecule has 2 fully saturated rings. The number of likely N-dealkylation sites (tertiary alicyclic amines) is 1. The smallest absolute Gasteiger partial charge is 0.253 e. The lowest BCUT2D eigenvalue weighted by molar-refractivity contribution is 0.0792. The van der Waals surface area contributed by atoms with Gasteiger partial charge in [-0.05, 0) is 49.9 Å². The highest BCUT2D eigenvalue weighted by molar-refractivity contribution is 5.95. The van der Waals surface area contributed by atoms with Crippen molar-refractivity contribution in [3.8, 4) is 11.3 Å². The number of amides is 1. The van der Waals surface area contributed by atoms with Gasteiger partial charge >= 0.3 is 0 Å². The van der Waals surface area contributed by atoms with E-state index in [-0.39, 0.29) is 11.9 Å². The summed E-state index contributed by atoms with van der Waals surface area (Å²) in [6.07, 6.45) is 6.41. The summed E-state index contributed by atoms with van der Waals surface area (Å²) in [6.45, 7) is 7.31. The van der Waals surface area contributed by atoms with Crippen molar-refractivity contribution in [2.24, 2.45) is 0 Å². The average molecular weight is 487 g/mol. The third kappa shape index (κ3) is 4.11. The molecule has 10 nitrogen and oxygen atoms in total. The molecule has 0 atom stereocenters. The van der Waals surface area contributed by atoms with Crippen LogP contribution in [0.4, 0.5) is 23.4 Å². The molecule has 0 spiro atoms. The van der Waals surface area contributed by atoms with Crippen molar-refractivity contribution < 1.29 is 9.53 Å². The van der Waals surface area contributed by atoms with E-state index in [0.717, 1.165) is 91.4 Å². The van der Waals surface area contributed by atoms with E-state index in [2.05, 4.69) is 32.8 Å². The van der Waals surface area contributed by atoms with Gasteiger partial charge in [0, 0.05) is 67.5 Å². The van der Waals surface area contributed by atoms with Crippen LogP contribution >= 0.6 is 0 Å². The standard InChI is InChI=1S/C26H30N8O2/c1-17-14-18(24(35)32-7-2-3-8-32)4-5-21(17)34-9-6-20-22(19-15-28-25(27)29-16-19)30-26(31-23(20)34)33-10-12-36-13-11-33/h4-5,14-16H,2-3,6-13H2,1H3,(H2,27,28,29). The molecule has 1 aromatic carbocycles. The molecule has 36 heavy (non-hydrogen) atoms. The molecule has 2 aromatic heterocycles. The maximum Gasteiger partial charge on any atom is 0.253 e. The van der Waals surface area contributed by atoms with Gasteiger partial charge in [0.25, 0.3) is 5.91 Å². The molecule has 0 radical (unpaired) electrons. The molecule has 3 aliphatic rings. The fraction of sp³-hybridized carbons (Fsp3) is 0.423. The van der Waals surface area contributed by atoms with Crippen molar-refractivity contribution in [2.45, 2.75) is 26.2 Å². The van der Waals surface area contributed by atoms with Gasteiger partial charge in [0.05, 0.1) is 18.9 Å². The first-order valence-corrected chi connectivity index (χ1v) is 12.6. The van der Waals surface area contributed by atoms with E-state index >= 15 is 0 Å². The first kappa shape index (κ1) is 22.7. The van der Waals surface area contributed by atoms with E-state index in [4.69, 9.17) is 20.4 Å². The maximum atomic E-state index is 12.9. The molecule has 3 aromatic rings. The van der Waals surface area contributed by atoms with Gasteiger partial charge in [-0.3, -0.25) is 4.79 Å². The van der Waals surface area contributed by atoms with E-state index in [9.17, 15) is 4.79 Å². The van der Waals surface area contributed by atoms with Gasteiger partial charge in [-0.1, -0.05) is 0 Å². The number of ether oxygens (including phenoxy) is 1. The highest BCUT2D eigenvalue weighted by Gasteiger charge is 2.30. The number of rotatable bonds is 4. The summed E-state index contributed by atoms with van der Waals surface area (Å²) in [6, 6.07) is 6.00. The number of aromatic nitrogens is 4. The van der Waals surface area contributed by atoms with Gasteiger partial charge in [-0.25, -0.2) is 15.0 Å². The van der Waals surface area contributed by atoms with Crippen molar-refractivity contribution in [3.63, 3.8) is 0 Å². The second-order valence-electron chi connectivity index (χ2n) is 9.51. The molecule has 10 heteroatoms. The Morgan fingerprint density at radius 2 is 1.75 bits per heavy atom. The third-order valence-electron chi connectivity index (χ3n) is 7.18. The number of carbonyl (C=O) groups is 1. The molecular weight excluding hydrogens is 456 g/mol. The van der Waals surface area contributed by atoms with Crippen LogP contribution in [0, 0.1) is 6.92 Å². The van der Waals surface area contributed by atoms with Gasteiger partial charge in [-0.2, -0.15) is 4.98 Å². The average Bonchev–Trinajstić information content (AvgIpc) is 3.59. The second-order valence-corrected chi connectivity index (χ2v) is 9.51. The number of carbonyl (C=O) groups excluding carboxylic acids is 1. The van der Waals surface area contributed by atoms with Crippen molar-refractivity contribution >= 4 is 29.3 Å². The number of hydrogen-bond donors (Lipinski definition) is 1. The van der Waals surface area contributed by atoms with Crippen LogP contribution in [0.15, 0.2) is 30.6 Å². The van der Waals surface area contributed by atoms with E-state index in [1.807, 2.05) is 17.0 Å². The molecule has 186 valence electrons. The van der Waals surface area contributed by atoms with Crippen LogP contribution < -0.4 is 15.5 Å². The van der Waals surface area contributed by atoms with Gasteiger partial charge in [-0.15, -0.1) is 0 Å². The molecule has 6 rings (SSSR count). The number of benzene rings is 1. The van der Waals surface area contributed by atoms with Gasteiger partial charge in [0.1, 0.15) is 5.82 Å². The topological polar surface area (TPSA) is 114 Å². The van der Waals surface area contributed by atoms with Crippen molar-refractivity contribution in [1.29, 1.82) is 0 Å². The Morgan fingerprint density at radius 1 is 1.00 bits per heavy atom. The molecular formula is C26H30N8O2. The fourth-order valence-corrected chi connectivity index (χ4v) is 5.28. The zero-order valence-electron chi connectivity index (χ0n) is 20.5. The number of fused-ring (bicyclic) bond motifs is 1. The van der Waals surface area contributed by atoms with E-state index in [0.29, 0.717) is 19.2 Å². The lowest BCUT2D eigenvalue weighted by Gasteiger charge is -2.28. The third-order valence-corrected chi connectivity index (χ3v) is 7.18. The highest BCUT2D eigenvalue weighted by atomic mass is 16.5. The largest absolute Gasteiger partial charge is 0.378 e. The molecule has 2 N–H and O–H groups in total. The predicted molar refractivity (Wildman–Crippen MR) is 138 cm³/mol. The van der Waals surface area contributed by atoms with E-state index in [1.54, 1.807) is 12.4 Å². The minimum absolute atomic E-state index is 0.117. The minimum atomic E-state index is 0.117. The second kappa shape index (κ2) is 9.34. The number of aryl methyl sites for hydroxylation is 1. The molecule has 0 saturated carbocycles. The fourth-order valence-electron chi connectivity index (χ4n) is 5.28. The maximum absolute atomic E-state index is 12.9. The lowest BCUT2D eigenvalue weighted by atomic mass is 10.1. The summed E-state index contributed by atoms with van der Waals surface area (Å²) >= 11 is 0. The zero-order valence-corrected chi connectivity index (χ0v) is 20.5. The summed E-state index contributed by atoms with van der Waals surface area (Å²) in [5, 5.41) is 0. The molecule has 0 aliphatic carbocycles. The Kier molecular flexibility index (Phi) is 5.88. The Bertz CT molecular complexity index is 1280. The lowest BCUT2D eigenvalue weighted by Crippen LogP contribution is -2.37. The number of nitrogens with zero attached hydrogens (tertiary/aromatic N) is 7. The highest BCUT2D eigenvalue weighted by Crippen LogP contribution is 2.40. The monoisotopic (exact) mass is 486 g/mol. The molecule has 3 aliphatic heterocycles. The van der Waals surface area contributed by atoms with Crippen LogP contribution in [-0.2, 0) is 11.2 Å². The predicted octanol–water partition coefficient (Wildman–Crippen LogP) is 2.59. The quantitative estimate of drug-likeness (QED) is 0.594. The molecule has 5 heterocycles. The zero-order chi connectivity index (χ0) is 24.6. The minimum Gasteiger partial charge on any atom is -0.378 e. The van der Waals surface area contributed by atoms with Crippen LogP contribution in [0.5, 0.6) is 0 Å². The Hall–Kier alpha value is -3.79.